The number of nitrogens with one attached hydrogen (secondary N) is 1. The average Bonchev–Trinajstić information content (AvgIpc) is 2.82. The fourth-order valence-corrected chi connectivity index (χ4v) is 3.95. The average molecular weight is 269 g/mol. The van der Waals surface area contributed by atoms with Crippen LogP contribution in [0.5, 0.6) is 0 Å². The molecule has 0 spiro atoms. The molecule has 1 aromatic rings. The first-order valence-electron chi connectivity index (χ1n) is 6.60. The lowest BCUT2D eigenvalue weighted by Crippen LogP contribution is -2.39. The highest BCUT2D eigenvalue weighted by molar-refractivity contribution is 6.31. The predicted octanol–water partition coefficient (Wildman–Crippen LogP) is 2.90. The summed E-state index contributed by atoms with van der Waals surface area (Å²) >= 11 is 6.07. The van der Waals surface area contributed by atoms with Crippen LogP contribution in [0.2, 0.25) is 5.02 Å². The molecule has 0 radical (unpaired) electrons. The van der Waals surface area contributed by atoms with Crippen molar-refractivity contribution < 1.29 is 4.39 Å². The molecule has 3 N–H and O–H groups in total. The Morgan fingerprint density at radius 2 is 2.11 bits per heavy atom. The minimum Gasteiger partial charge on any atom is -0.271 e. The van der Waals surface area contributed by atoms with E-state index in [-0.39, 0.29) is 11.9 Å². The van der Waals surface area contributed by atoms with E-state index in [9.17, 15) is 4.39 Å². The summed E-state index contributed by atoms with van der Waals surface area (Å²) in [5, 5.41) is 0.501. The molecule has 2 fully saturated rings. The lowest BCUT2D eigenvalue weighted by molar-refractivity contribution is 0.410. The number of hydrazine groups is 1. The van der Waals surface area contributed by atoms with Gasteiger partial charge in [-0.1, -0.05) is 24.1 Å². The maximum absolute atomic E-state index is 13.0. The molecule has 0 heterocycles. The van der Waals surface area contributed by atoms with Crippen LogP contribution in [0.3, 0.4) is 0 Å². The van der Waals surface area contributed by atoms with Crippen LogP contribution in [-0.2, 0) is 6.42 Å². The second-order valence-corrected chi connectivity index (χ2v) is 5.96. The quantitative estimate of drug-likeness (QED) is 0.651. The van der Waals surface area contributed by atoms with E-state index >= 15 is 0 Å². The minimum absolute atomic E-state index is 0.267. The molecule has 18 heavy (non-hydrogen) atoms. The van der Waals surface area contributed by atoms with Gasteiger partial charge in [0.15, 0.2) is 0 Å². The minimum atomic E-state index is -0.288. The molecule has 2 aliphatic rings. The summed E-state index contributed by atoms with van der Waals surface area (Å²) in [5.41, 5.74) is 3.91. The Morgan fingerprint density at radius 1 is 1.39 bits per heavy atom. The highest BCUT2D eigenvalue weighted by atomic mass is 35.5. The summed E-state index contributed by atoms with van der Waals surface area (Å²) in [6.07, 6.45) is 4.82. The zero-order valence-corrected chi connectivity index (χ0v) is 11.0. The predicted molar refractivity (Wildman–Crippen MR) is 70.5 cm³/mol. The number of hydrogen-bond acceptors (Lipinski definition) is 2. The van der Waals surface area contributed by atoms with Crippen molar-refractivity contribution in [3.63, 3.8) is 0 Å². The molecule has 4 heteroatoms. The molecule has 0 saturated heterocycles. The summed E-state index contributed by atoms with van der Waals surface area (Å²) < 4.78 is 13.0. The SMILES string of the molecule is NNC(Cc1ccc(F)cc1Cl)C1C2CCCC21. The molecule has 0 aliphatic heterocycles. The van der Waals surface area contributed by atoms with Crippen LogP contribution in [0, 0.1) is 23.6 Å². The maximum Gasteiger partial charge on any atom is 0.124 e. The third kappa shape index (κ3) is 2.15. The Bertz CT molecular complexity index is 441. The van der Waals surface area contributed by atoms with Gasteiger partial charge >= 0.3 is 0 Å². The van der Waals surface area contributed by atoms with Gasteiger partial charge in [0.2, 0.25) is 0 Å². The summed E-state index contributed by atoms with van der Waals surface area (Å²) in [5.74, 6) is 7.78. The Kier molecular flexibility index (Phi) is 3.31. The van der Waals surface area contributed by atoms with Crippen molar-refractivity contribution in [1.82, 2.24) is 5.43 Å². The van der Waals surface area contributed by atoms with Gasteiger partial charge in [-0.25, -0.2) is 4.39 Å². The van der Waals surface area contributed by atoms with E-state index in [1.54, 1.807) is 6.07 Å². The zero-order valence-electron chi connectivity index (χ0n) is 10.2. The molecule has 2 saturated carbocycles. The van der Waals surface area contributed by atoms with Crippen LogP contribution in [0.15, 0.2) is 18.2 Å². The van der Waals surface area contributed by atoms with Crippen molar-refractivity contribution in [1.29, 1.82) is 0 Å². The van der Waals surface area contributed by atoms with Crippen molar-refractivity contribution in [2.45, 2.75) is 31.7 Å². The molecule has 0 aromatic heterocycles. The van der Waals surface area contributed by atoms with Crippen molar-refractivity contribution >= 4 is 11.6 Å². The molecule has 2 aliphatic carbocycles. The Morgan fingerprint density at radius 3 is 2.72 bits per heavy atom. The molecule has 3 atom stereocenters. The number of rotatable bonds is 4. The number of benzene rings is 1. The van der Waals surface area contributed by atoms with E-state index < -0.39 is 0 Å². The number of hydrogen-bond donors (Lipinski definition) is 2. The first-order valence-corrected chi connectivity index (χ1v) is 6.98. The third-order valence-corrected chi connectivity index (χ3v) is 4.96. The molecular formula is C14H18ClFN2. The van der Waals surface area contributed by atoms with Gasteiger partial charge in [-0.05, 0) is 54.7 Å². The van der Waals surface area contributed by atoms with Gasteiger partial charge in [-0.15, -0.1) is 0 Å². The number of nitrogens with two attached hydrogens (primary N) is 1. The first kappa shape index (κ1) is 12.4. The normalized spacial score (nSPS) is 31.2. The van der Waals surface area contributed by atoms with Crippen molar-refractivity contribution in [2.75, 3.05) is 0 Å². The maximum atomic E-state index is 13.0. The molecule has 3 rings (SSSR count). The van der Waals surface area contributed by atoms with Crippen LogP contribution in [0.25, 0.3) is 0 Å². The first-order chi connectivity index (χ1) is 8.70. The smallest absolute Gasteiger partial charge is 0.124 e. The van der Waals surface area contributed by atoms with E-state index in [4.69, 9.17) is 17.4 Å². The van der Waals surface area contributed by atoms with Gasteiger partial charge in [-0.2, -0.15) is 0 Å². The second-order valence-electron chi connectivity index (χ2n) is 5.55. The second kappa shape index (κ2) is 4.80. The zero-order chi connectivity index (χ0) is 12.7. The Labute approximate surface area is 112 Å². The Balaban J connectivity index is 1.70. The van der Waals surface area contributed by atoms with E-state index in [0.29, 0.717) is 10.9 Å². The highest BCUT2D eigenvalue weighted by Gasteiger charge is 2.55. The third-order valence-electron chi connectivity index (χ3n) is 4.61. The number of fused-ring (bicyclic) bond motifs is 1. The van der Waals surface area contributed by atoms with Crippen LogP contribution in [0.1, 0.15) is 24.8 Å². The molecule has 2 nitrogen and oxygen atoms in total. The lowest BCUT2D eigenvalue weighted by atomic mass is 9.97. The van der Waals surface area contributed by atoms with Crippen molar-refractivity contribution in [3.8, 4) is 0 Å². The lowest BCUT2D eigenvalue weighted by Gasteiger charge is -2.18. The molecule has 0 amide bonds. The van der Waals surface area contributed by atoms with Gasteiger partial charge in [0.05, 0.1) is 0 Å². The molecule has 3 unspecified atom stereocenters. The summed E-state index contributed by atoms with van der Waals surface area (Å²) in [6, 6.07) is 4.87. The molecule has 0 bridgehead atoms. The van der Waals surface area contributed by atoms with Crippen LogP contribution >= 0.6 is 11.6 Å². The molecule has 98 valence electrons. The largest absolute Gasteiger partial charge is 0.271 e. The van der Waals surface area contributed by atoms with Crippen LogP contribution < -0.4 is 11.3 Å². The van der Waals surface area contributed by atoms with Gasteiger partial charge in [0.1, 0.15) is 5.82 Å². The Hall–Kier alpha value is -0.640. The van der Waals surface area contributed by atoms with Crippen molar-refractivity contribution in [3.05, 3.63) is 34.6 Å². The van der Waals surface area contributed by atoms with Gasteiger partial charge in [-0.3, -0.25) is 11.3 Å². The summed E-state index contributed by atoms with van der Waals surface area (Å²) in [6.45, 7) is 0. The fraction of sp³-hybridized carbons (Fsp3) is 0.571. The molecular weight excluding hydrogens is 251 g/mol. The highest BCUT2D eigenvalue weighted by Crippen LogP contribution is 2.59. The number of halogens is 2. The van der Waals surface area contributed by atoms with Crippen LogP contribution in [0.4, 0.5) is 4.39 Å². The standard InChI is InChI=1S/C14H18ClFN2/c15-12-7-9(16)5-4-8(12)6-13(18-17)14-10-2-1-3-11(10)14/h4-5,7,10-11,13-14,18H,1-3,6,17H2. The monoisotopic (exact) mass is 268 g/mol. The summed E-state index contributed by atoms with van der Waals surface area (Å²) in [7, 11) is 0. The van der Waals surface area contributed by atoms with Gasteiger partial charge in [0.25, 0.3) is 0 Å². The van der Waals surface area contributed by atoms with Crippen molar-refractivity contribution in [2.24, 2.45) is 23.6 Å². The topological polar surface area (TPSA) is 38.0 Å². The molecule has 1 aromatic carbocycles. The van der Waals surface area contributed by atoms with Gasteiger partial charge in [0, 0.05) is 11.1 Å². The van der Waals surface area contributed by atoms with Gasteiger partial charge < -0.3 is 0 Å². The van der Waals surface area contributed by atoms with Crippen LogP contribution in [-0.4, -0.2) is 6.04 Å². The van der Waals surface area contributed by atoms with E-state index in [2.05, 4.69) is 5.43 Å². The summed E-state index contributed by atoms with van der Waals surface area (Å²) in [4.78, 5) is 0. The van der Waals surface area contributed by atoms with E-state index in [1.165, 1.54) is 31.4 Å². The van der Waals surface area contributed by atoms with E-state index in [1.807, 2.05) is 0 Å². The van der Waals surface area contributed by atoms with E-state index in [0.717, 1.165) is 23.8 Å². The fourth-order valence-electron chi connectivity index (χ4n) is 3.70.